The molecule has 15 heavy (non-hydrogen) atoms. The topological polar surface area (TPSA) is 47.0 Å². The van der Waals surface area contributed by atoms with Gasteiger partial charge < -0.3 is 10.1 Å². The molecule has 0 amide bonds. The van der Waals surface area contributed by atoms with E-state index in [1.165, 1.54) is 11.5 Å². The summed E-state index contributed by atoms with van der Waals surface area (Å²) in [7, 11) is 1.72. The molecule has 1 unspecified atom stereocenters. The van der Waals surface area contributed by atoms with Crippen molar-refractivity contribution in [3.05, 3.63) is 5.82 Å². The third-order valence-electron chi connectivity index (χ3n) is 2.08. The van der Waals surface area contributed by atoms with E-state index in [0.717, 1.165) is 24.0 Å². The Morgan fingerprint density at radius 3 is 2.67 bits per heavy atom. The lowest BCUT2D eigenvalue weighted by Gasteiger charge is -2.11. The summed E-state index contributed by atoms with van der Waals surface area (Å²) in [4.78, 5) is 4.41. The van der Waals surface area contributed by atoms with Gasteiger partial charge in [0.15, 0.2) is 0 Å². The van der Waals surface area contributed by atoms with Crippen LogP contribution in [-0.2, 0) is 4.74 Å². The summed E-state index contributed by atoms with van der Waals surface area (Å²) in [5.41, 5.74) is 0. The van der Waals surface area contributed by atoms with Gasteiger partial charge in [-0.2, -0.15) is 4.37 Å². The highest BCUT2D eigenvalue weighted by atomic mass is 32.1. The molecule has 1 aromatic heterocycles. The van der Waals surface area contributed by atoms with E-state index in [9.17, 15) is 0 Å². The van der Waals surface area contributed by atoms with Crippen molar-refractivity contribution in [2.24, 2.45) is 0 Å². The molecule has 1 rings (SSSR count). The van der Waals surface area contributed by atoms with Crippen LogP contribution in [-0.4, -0.2) is 29.1 Å². The number of hydrogen-bond acceptors (Lipinski definition) is 5. The van der Waals surface area contributed by atoms with E-state index in [4.69, 9.17) is 4.74 Å². The largest absolute Gasteiger partial charge is 0.385 e. The molecule has 0 saturated carbocycles. The zero-order valence-electron chi connectivity index (χ0n) is 9.78. The van der Waals surface area contributed by atoms with Crippen molar-refractivity contribution < 1.29 is 4.74 Å². The number of methoxy groups -OCH3 is 1. The summed E-state index contributed by atoms with van der Waals surface area (Å²) >= 11 is 1.43. The van der Waals surface area contributed by atoms with Crippen LogP contribution >= 0.6 is 11.5 Å². The minimum Gasteiger partial charge on any atom is -0.385 e. The van der Waals surface area contributed by atoms with Crippen LogP contribution in [0.15, 0.2) is 0 Å². The van der Waals surface area contributed by atoms with Crippen LogP contribution in [0.4, 0.5) is 5.13 Å². The smallest absolute Gasteiger partial charge is 0.202 e. The maximum Gasteiger partial charge on any atom is 0.202 e. The standard InChI is InChI=1S/C10H19N3OS/c1-7(2)9-12-10(15-13-9)11-8(3)5-6-14-4/h7-8H,5-6H2,1-4H3,(H,11,12,13). The van der Waals surface area contributed by atoms with Crippen LogP contribution in [0.2, 0.25) is 0 Å². The van der Waals surface area contributed by atoms with Gasteiger partial charge in [-0.3, -0.25) is 0 Å². The Hall–Kier alpha value is -0.680. The van der Waals surface area contributed by atoms with Crippen LogP contribution in [0.1, 0.15) is 38.9 Å². The molecule has 1 aromatic rings. The van der Waals surface area contributed by atoms with Crippen LogP contribution in [0.5, 0.6) is 0 Å². The lowest BCUT2D eigenvalue weighted by Crippen LogP contribution is -2.17. The van der Waals surface area contributed by atoms with Gasteiger partial charge in [0, 0.05) is 37.2 Å². The van der Waals surface area contributed by atoms with Gasteiger partial charge in [0.1, 0.15) is 5.82 Å². The average Bonchev–Trinajstić information content (AvgIpc) is 2.63. The van der Waals surface area contributed by atoms with Crippen molar-refractivity contribution in [1.29, 1.82) is 0 Å². The molecule has 0 bridgehead atoms. The minimum absolute atomic E-state index is 0.373. The molecular weight excluding hydrogens is 210 g/mol. The van der Waals surface area contributed by atoms with Gasteiger partial charge >= 0.3 is 0 Å². The number of ether oxygens (including phenoxy) is 1. The second kappa shape index (κ2) is 6.02. The zero-order valence-corrected chi connectivity index (χ0v) is 10.6. The number of aromatic nitrogens is 2. The fourth-order valence-corrected chi connectivity index (χ4v) is 1.93. The molecule has 0 aliphatic carbocycles. The molecule has 4 nitrogen and oxygen atoms in total. The van der Waals surface area contributed by atoms with E-state index in [0.29, 0.717) is 12.0 Å². The first-order chi connectivity index (χ1) is 7.13. The lowest BCUT2D eigenvalue weighted by atomic mass is 10.2. The molecule has 0 spiro atoms. The Balaban J connectivity index is 2.42. The van der Waals surface area contributed by atoms with Gasteiger partial charge in [-0.1, -0.05) is 13.8 Å². The monoisotopic (exact) mass is 229 g/mol. The molecule has 0 aliphatic rings. The molecule has 0 fully saturated rings. The highest BCUT2D eigenvalue weighted by molar-refractivity contribution is 7.09. The van der Waals surface area contributed by atoms with Crippen LogP contribution in [0, 0.1) is 0 Å². The number of rotatable bonds is 6. The average molecular weight is 229 g/mol. The highest BCUT2D eigenvalue weighted by Crippen LogP contribution is 2.18. The SMILES string of the molecule is COCCC(C)Nc1nc(C(C)C)ns1. The van der Waals surface area contributed by atoms with Crippen molar-refractivity contribution in [1.82, 2.24) is 9.36 Å². The van der Waals surface area contributed by atoms with Crippen LogP contribution in [0.25, 0.3) is 0 Å². The summed E-state index contributed by atoms with van der Waals surface area (Å²) < 4.78 is 9.31. The van der Waals surface area contributed by atoms with Gasteiger partial charge in [-0.05, 0) is 13.3 Å². The Labute approximate surface area is 95.2 Å². The first-order valence-electron chi connectivity index (χ1n) is 5.22. The molecule has 5 heteroatoms. The molecular formula is C10H19N3OS. The van der Waals surface area contributed by atoms with E-state index in [1.54, 1.807) is 7.11 Å². The van der Waals surface area contributed by atoms with Gasteiger partial charge in [0.2, 0.25) is 5.13 Å². The normalized spacial score (nSPS) is 13.1. The Morgan fingerprint density at radius 2 is 2.13 bits per heavy atom. The van der Waals surface area contributed by atoms with E-state index in [2.05, 4.69) is 35.4 Å². The zero-order chi connectivity index (χ0) is 11.3. The third kappa shape index (κ3) is 4.13. The Morgan fingerprint density at radius 1 is 1.40 bits per heavy atom. The predicted molar refractivity (Wildman–Crippen MR) is 63.6 cm³/mol. The molecule has 1 heterocycles. The molecule has 0 saturated heterocycles. The number of nitrogens with one attached hydrogen (secondary N) is 1. The summed E-state index contributed by atoms with van der Waals surface area (Å²) in [6, 6.07) is 0.373. The third-order valence-corrected chi connectivity index (χ3v) is 2.74. The highest BCUT2D eigenvalue weighted by Gasteiger charge is 2.09. The maximum atomic E-state index is 5.02. The molecule has 1 atom stereocenters. The molecule has 0 aliphatic heterocycles. The van der Waals surface area contributed by atoms with Crippen molar-refractivity contribution in [2.75, 3.05) is 19.0 Å². The van der Waals surface area contributed by atoms with E-state index >= 15 is 0 Å². The van der Waals surface area contributed by atoms with Gasteiger partial charge in [0.05, 0.1) is 0 Å². The number of anilines is 1. The molecule has 86 valence electrons. The van der Waals surface area contributed by atoms with Crippen LogP contribution < -0.4 is 5.32 Å². The number of nitrogens with zero attached hydrogens (tertiary/aromatic N) is 2. The first-order valence-corrected chi connectivity index (χ1v) is 6.00. The van der Waals surface area contributed by atoms with E-state index in [1.807, 2.05) is 0 Å². The van der Waals surface area contributed by atoms with Crippen molar-refractivity contribution >= 4 is 16.7 Å². The second-order valence-corrected chi connectivity index (χ2v) is 4.69. The summed E-state index contributed by atoms with van der Waals surface area (Å²) in [5, 5.41) is 4.22. The van der Waals surface area contributed by atoms with Gasteiger partial charge in [-0.15, -0.1) is 0 Å². The van der Waals surface area contributed by atoms with Crippen LogP contribution in [0.3, 0.4) is 0 Å². The quantitative estimate of drug-likeness (QED) is 0.814. The fraction of sp³-hybridized carbons (Fsp3) is 0.800. The Bertz CT molecular complexity index is 288. The van der Waals surface area contributed by atoms with Gasteiger partial charge in [-0.25, -0.2) is 4.98 Å². The van der Waals surface area contributed by atoms with Crippen molar-refractivity contribution in [3.8, 4) is 0 Å². The molecule has 0 aromatic carbocycles. The summed E-state index contributed by atoms with van der Waals surface area (Å²) in [6.45, 7) is 7.08. The van der Waals surface area contributed by atoms with Gasteiger partial charge in [0.25, 0.3) is 0 Å². The lowest BCUT2D eigenvalue weighted by molar-refractivity contribution is 0.191. The Kier molecular flexibility index (Phi) is 4.98. The maximum absolute atomic E-state index is 5.02. The first kappa shape index (κ1) is 12.4. The second-order valence-electron chi connectivity index (χ2n) is 3.94. The van der Waals surface area contributed by atoms with Crippen molar-refractivity contribution in [2.45, 2.75) is 39.2 Å². The predicted octanol–water partition coefficient (Wildman–Crippen LogP) is 2.50. The fourth-order valence-electron chi connectivity index (χ4n) is 1.11. The van der Waals surface area contributed by atoms with E-state index in [-0.39, 0.29) is 0 Å². The van der Waals surface area contributed by atoms with Crippen molar-refractivity contribution in [3.63, 3.8) is 0 Å². The molecule has 1 N–H and O–H groups in total. The number of hydrogen-bond donors (Lipinski definition) is 1. The summed E-state index contributed by atoms with van der Waals surface area (Å²) in [6.07, 6.45) is 0.979. The molecule has 0 radical (unpaired) electrons. The van der Waals surface area contributed by atoms with E-state index < -0.39 is 0 Å². The minimum atomic E-state index is 0.373. The summed E-state index contributed by atoms with van der Waals surface area (Å²) in [5.74, 6) is 1.31.